The van der Waals surface area contributed by atoms with E-state index in [4.69, 9.17) is 19.8 Å². The summed E-state index contributed by atoms with van der Waals surface area (Å²) in [6.07, 6.45) is 2.31. The third-order valence-electron chi connectivity index (χ3n) is 7.69. The minimum atomic E-state index is -1.30. The van der Waals surface area contributed by atoms with Crippen LogP contribution in [0.2, 0.25) is 0 Å². The zero-order valence-electron chi connectivity index (χ0n) is 22.8. The van der Waals surface area contributed by atoms with E-state index in [9.17, 15) is 14.7 Å². The fourth-order valence-corrected chi connectivity index (χ4v) is 4.85. The number of hydrogen-bond acceptors (Lipinski definition) is 8. The number of benzene rings is 2. The molecule has 0 atom stereocenters. The van der Waals surface area contributed by atoms with Crippen molar-refractivity contribution in [1.82, 2.24) is 15.3 Å². The van der Waals surface area contributed by atoms with E-state index in [2.05, 4.69) is 39.6 Å². The van der Waals surface area contributed by atoms with E-state index >= 15 is 0 Å². The van der Waals surface area contributed by atoms with Gasteiger partial charge in [0, 0.05) is 12.5 Å². The molecule has 1 aromatic heterocycles. The van der Waals surface area contributed by atoms with Crippen LogP contribution >= 0.6 is 0 Å². The van der Waals surface area contributed by atoms with Gasteiger partial charge in [0.05, 0.1) is 23.1 Å². The van der Waals surface area contributed by atoms with Gasteiger partial charge in [0.25, 0.3) is 0 Å². The van der Waals surface area contributed by atoms with E-state index in [1.807, 2.05) is 52.0 Å². The molecule has 0 radical (unpaired) electrons. The summed E-state index contributed by atoms with van der Waals surface area (Å²) in [6, 6.07) is 16.2. The molecule has 3 aromatic rings. The van der Waals surface area contributed by atoms with Crippen LogP contribution < -0.4 is 11.1 Å². The zero-order valence-corrected chi connectivity index (χ0v) is 22.8. The van der Waals surface area contributed by atoms with Crippen molar-refractivity contribution in [2.24, 2.45) is 0 Å². The minimum Gasteiger partial charge on any atom is -0.476 e. The maximum absolute atomic E-state index is 12.9. The number of ether oxygens (including phenoxy) is 1. The number of carbonyl (C=O) groups excluding carboxylic acids is 1. The molecule has 0 saturated carbocycles. The number of amides is 1. The summed E-state index contributed by atoms with van der Waals surface area (Å²) in [5.74, 6) is -1.57. The van der Waals surface area contributed by atoms with E-state index in [1.165, 1.54) is 6.20 Å². The first kappa shape index (κ1) is 27.4. The number of aromatic carboxylic acids is 1. The van der Waals surface area contributed by atoms with Crippen LogP contribution in [0.3, 0.4) is 0 Å². The van der Waals surface area contributed by atoms with Gasteiger partial charge < -0.3 is 30.2 Å². The highest BCUT2D eigenvalue weighted by Gasteiger charge is 2.52. The fraction of sp³-hybridized carbons (Fsp3) is 0.310. The van der Waals surface area contributed by atoms with E-state index < -0.39 is 30.4 Å². The lowest BCUT2D eigenvalue weighted by Gasteiger charge is -2.32. The molecule has 0 bridgehead atoms. The number of fused-ring (bicyclic) bond motifs is 3. The highest BCUT2D eigenvalue weighted by Crippen LogP contribution is 2.44. The number of nitrogens with two attached hydrogens (primary N) is 1. The topological polar surface area (TPSA) is 146 Å². The summed E-state index contributed by atoms with van der Waals surface area (Å²) in [7, 11) is -0.827. The average Bonchev–Trinajstić information content (AvgIpc) is 3.35. The third kappa shape index (κ3) is 5.17. The van der Waals surface area contributed by atoms with Crippen molar-refractivity contribution < 1.29 is 28.7 Å². The number of carboxylic acids is 1. The SMILES string of the molecule is CC1(C)OB(C(=Cc2cnc(N)c(C(=O)O)n2)CNC(=O)OCC2c3ccccc3-c3ccccc32)OC1(C)C. The second-order valence-electron chi connectivity index (χ2n) is 10.8. The Bertz CT molecular complexity index is 1440. The monoisotopic (exact) mass is 542 g/mol. The predicted molar refractivity (Wildman–Crippen MR) is 151 cm³/mol. The summed E-state index contributed by atoms with van der Waals surface area (Å²) in [6.45, 7) is 7.82. The van der Waals surface area contributed by atoms with Crippen LogP contribution in [0.15, 0.2) is 60.2 Å². The van der Waals surface area contributed by atoms with Gasteiger partial charge >= 0.3 is 19.2 Å². The van der Waals surface area contributed by atoms with Crippen molar-refractivity contribution in [3.05, 3.63) is 82.7 Å². The molecule has 206 valence electrons. The molecule has 10 nitrogen and oxygen atoms in total. The number of carbonyl (C=O) groups is 2. The number of anilines is 1. The molecule has 0 unspecified atom stereocenters. The molecule has 1 aliphatic heterocycles. The number of hydrogen-bond donors (Lipinski definition) is 3. The molecule has 1 fully saturated rings. The summed E-state index contributed by atoms with van der Waals surface area (Å²) in [5, 5.41) is 12.2. The minimum absolute atomic E-state index is 0.00195. The van der Waals surface area contributed by atoms with Gasteiger partial charge in [-0.25, -0.2) is 19.6 Å². The largest absolute Gasteiger partial charge is 0.492 e. The Kier molecular flexibility index (Phi) is 7.11. The second-order valence-corrected chi connectivity index (χ2v) is 10.8. The molecule has 11 heteroatoms. The van der Waals surface area contributed by atoms with Crippen molar-refractivity contribution in [3.63, 3.8) is 0 Å². The number of nitrogen functional groups attached to an aromatic ring is 1. The van der Waals surface area contributed by atoms with Gasteiger partial charge in [0.15, 0.2) is 11.5 Å². The molecule has 1 saturated heterocycles. The molecule has 0 spiro atoms. The van der Waals surface area contributed by atoms with E-state index in [1.54, 1.807) is 6.08 Å². The zero-order chi connectivity index (χ0) is 28.7. The Morgan fingerprint density at radius 3 is 2.20 bits per heavy atom. The van der Waals surface area contributed by atoms with Gasteiger partial charge in [-0.1, -0.05) is 48.5 Å². The number of alkyl carbamates (subject to hydrolysis) is 1. The lowest BCUT2D eigenvalue weighted by Crippen LogP contribution is -2.41. The summed E-state index contributed by atoms with van der Waals surface area (Å²) >= 11 is 0. The van der Waals surface area contributed by atoms with Crippen molar-refractivity contribution in [3.8, 4) is 11.1 Å². The first-order valence-electron chi connectivity index (χ1n) is 13.0. The van der Waals surface area contributed by atoms with Crippen LogP contribution in [0.5, 0.6) is 0 Å². The summed E-state index contributed by atoms with van der Waals surface area (Å²) < 4.78 is 18.0. The van der Waals surface area contributed by atoms with Crippen LogP contribution in [-0.4, -0.2) is 58.6 Å². The number of aromatic nitrogens is 2. The number of rotatable bonds is 7. The van der Waals surface area contributed by atoms with Gasteiger partial charge in [0.2, 0.25) is 0 Å². The van der Waals surface area contributed by atoms with E-state index in [0.29, 0.717) is 5.47 Å². The van der Waals surface area contributed by atoms with Crippen LogP contribution in [0, 0.1) is 0 Å². The normalized spacial score (nSPS) is 17.3. The first-order chi connectivity index (χ1) is 19.0. The molecular formula is C29H31BN4O6. The molecule has 2 heterocycles. The smallest absolute Gasteiger partial charge is 0.476 e. The average molecular weight is 542 g/mol. The molecule has 5 rings (SSSR count). The first-order valence-corrected chi connectivity index (χ1v) is 13.0. The third-order valence-corrected chi connectivity index (χ3v) is 7.69. The molecule has 2 aromatic carbocycles. The number of carboxylic acid groups (broad SMARTS) is 1. The van der Waals surface area contributed by atoms with E-state index in [-0.39, 0.29) is 36.3 Å². The highest BCUT2D eigenvalue weighted by molar-refractivity contribution is 6.56. The number of nitrogens with zero attached hydrogens (tertiary/aromatic N) is 2. The van der Waals surface area contributed by atoms with E-state index in [0.717, 1.165) is 22.3 Å². The quantitative estimate of drug-likeness (QED) is 0.372. The van der Waals surface area contributed by atoms with Gasteiger partial charge in [-0.3, -0.25) is 0 Å². The van der Waals surface area contributed by atoms with Crippen LogP contribution in [0.1, 0.15) is 60.9 Å². The lowest BCUT2D eigenvalue weighted by atomic mass is 9.77. The standard InChI is InChI=1S/C29H31BN4O6/c1-28(2)29(3,4)40-30(39-28)17(13-18-15-32-25(31)24(34-18)26(35)36)14-33-27(37)38-16-23-21-11-7-5-9-19(21)20-10-6-8-12-22(20)23/h5-13,15,23H,14,16H2,1-4H3,(H2,31,32)(H,33,37)(H,35,36). The molecule has 1 aliphatic carbocycles. The molecule has 2 aliphatic rings. The Labute approximate surface area is 232 Å². The van der Waals surface area contributed by atoms with Gasteiger partial charge in [-0.2, -0.15) is 0 Å². The van der Waals surface area contributed by atoms with Crippen molar-refractivity contribution in [2.45, 2.75) is 44.8 Å². The Morgan fingerprint density at radius 1 is 1.05 bits per heavy atom. The predicted octanol–water partition coefficient (Wildman–Crippen LogP) is 4.31. The van der Waals surface area contributed by atoms with Crippen LogP contribution in [0.25, 0.3) is 17.2 Å². The highest BCUT2D eigenvalue weighted by atomic mass is 16.7. The maximum Gasteiger partial charge on any atom is 0.492 e. The van der Waals surface area contributed by atoms with Gasteiger partial charge in [0.1, 0.15) is 6.61 Å². The molecule has 4 N–H and O–H groups in total. The van der Waals surface area contributed by atoms with Crippen molar-refractivity contribution >= 4 is 31.1 Å². The lowest BCUT2D eigenvalue weighted by molar-refractivity contribution is 0.00578. The second kappa shape index (κ2) is 10.4. The molecule has 40 heavy (non-hydrogen) atoms. The molecular weight excluding hydrogens is 511 g/mol. The summed E-state index contributed by atoms with van der Waals surface area (Å²) in [4.78, 5) is 32.4. The van der Waals surface area contributed by atoms with Gasteiger partial charge in [-0.05, 0) is 61.5 Å². The fourth-order valence-electron chi connectivity index (χ4n) is 4.85. The number of nitrogens with one attached hydrogen (secondary N) is 1. The molecule has 1 amide bonds. The summed E-state index contributed by atoms with van der Waals surface area (Å²) in [5.41, 5.74) is 9.26. The maximum atomic E-state index is 12.9. The Morgan fingerprint density at radius 2 is 1.62 bits per heavy atom. The van der Waals surface area contributed by atoms with Crippen molar-refractivity contribution in [1.29, 1.82) is 0 Å². The Hall–Kier alpha value is -4.22. The van der Waals surface area contributed by atoms with Gasteiger partial charge in [-0.15, -0.1) is 0 Å². The van der Waals surface area contributed by atoms with Crippen molar-refractivity contribution in [2.75, 3.05) is 18.9 Å². The van der Waals surface area contributed by atoms with Crippen LogP contribution in [0.4, 0.5) is 10.6 Å². The van der Waals surface area contributed by atoms with Crippen LogP contribution in [-0.2, 0) is 14.0 Å². The Balaban J connectivity index is 1.33.